The van der Waals surface area contributed by atoms with E-state index in [0.717, 1.165) is 0 Å². The van der Waals surface area contributed by atoms with Crippen molar-refractivity contribution in [3.8, 4) is 0 Å². The number of ether oxygens (including phenoxy) is 1. The molecule has 3 nitrogen and oxygen atoms in total. The number of thioether (sulfide) groups is 1. The van der Waals surface area contributed by atoms with Gasteiger partial charge >= 0.3 is 6.09 Å². The van der Waals surface area contributed by atoms with E-state index in [9.17, 15) is 4.79 Å². The molecule has 0 bridgehead atoms. The Labute approximate surface area is 58.9 Å². The third-order valence-corrected chi connectivity index (χ3v) is 1.80. The van der Waals surface area contributed by atoms with Gasteiger partial charge in [-0.15, -0.1) is 0 Å². The first-order valence-electron chi connectivity index (χ1n) is 2.62. The molecule has 0 rings (SSSR count). The third-order valence-electron chi connectivity index (χ3n) is 0.863. The van der Waals surface area contributed by atoms with Crippen molar-refractivity contribution in [2.24, 2.45) is 5.73 Å². The lowest BCUT2D eigenvalue weighted by molar-refractivity contribution is 0.158. The van der Waals surface area contributed by atoms with Crippen LogP contribution in [0.5, 0.6) is 0 Å². The molecule has 0 saturated carbocycles. The molecule has 1 atom stereocenters. The van der Waals surface area contributed by atoms with Gasteiger partial charge in [0.15, 0.2) is 0 Å². The molecule has 0 aliphatic heterocycles. The first kappa shape index (κ1) is 8.62. The molecule has 0 spiro atoms. The highest BCUT2D eigenvalue weighted by Gasteiger charge is 2.00. The van der Waals surface area contributed by atoms with E-state index in [4.69, 9.17) is 5.73 Å². The summed E-state index contributed by atoms with van der Waals surface area (Å²) in [6, 6.07) is 0. The van der Waals surface area contributed by atoms with Gasteiger partial charge in [-0.2, -0.15) is 11.8 Å². The fourth-order valence-electron chi connectivity index (χ4n) is 0.268. The highest BCUT2D eigenvalue weighted by molar-refractivity contribution is 7.99. The lowest BCUT2D eigenvalue weighted by Crippen LogP contribution is -2.18. The topological polar surface area (TPSA) is 52.3 Å². The SMILES string of the molecule is CSC(C)COC(N)=O. The Balaban J connectivity index is 3.16. The van der Waals surface area contributed by atoms with Crippen LogP contribution >= 0.6 is 11.8 Å². The molecule has 0 radical (unpaired) electrons. The van der Waals surface area contributed by atoms with E-state index >= 15 is 0 Å². The van der Waals surface area contributed by atoms with Gasteiger partial charge in [0.05, 0.1) is 0 Å². The van der Waals surface area contributed by atoms with Crippen LogP contribution in [0.15, 0.2) is 0 Å². The lowest BCUT2D eigenvalue weighted by atomic mass is 10.5. The Morgan fingerprint density at radius 2 is 2.44 bits per heavy atom. The molecule has 0 aromatic rings. The van der Waals surface area contributed by atoms with Gasteiger partial charge in [0.2, 0.25) is 0 Å². The molecule has 0 aromatic carbocycles. The molecule has 0 aromatic heterocycles. The molecule has 0 heterocycles. The molecule has 0 saturated heterocycles. The average molecular weight is 149 g/mol. The van der Waals surface area contributed by atoms with Crippen molar-refractivity contribution in [3.63, 3.8) is 0 Å². The highest BCUT2D eigenvalue weighted by Crippen LogP contribution is 2.03. The summed E-state index contributed by atoms with van der Waals surface area (Å²) >= 11 is 1.63. The lowest BCUT2D eigenvalue weighted by Gasteiger charge is -2.05. The van der Waals surface area contributed by atoms with Crippen molar-refractivity contribution in [2.45, 2.75) is 12.2 Å². The summed E-state index contributed by atoms with van der Waals surface area (Å²) in [6.07, 6.45) is 1.26. The zero-order chi connectivity index (χ0) is 7.28. The van der Waals surface area contributed by atoms with Crippen LogP contribution in [0.25, 0.3) is 0 Å². The number of primary amides is 1. The summed E-state index contributed by atoms with van der Waals surface area (Å²) in [5, 5.41) is 0.331. The minimum atomic E-state index is -0.698. The van der Waals surface area contributed by atoms with E-state index in [2.05, 4.69) is 4.74 Å². The Bertz CT molecular complexity index is 97.0. The number of hydrogen-bond acceptors (Lipinski definition) is 3. The summed E-state index contributed by atoms with van der Waals surface area (Å²) in [5.74, 6) is 0. The van der Waals surface area contributed by atoms with Crippen molar-refractivity contribution in [1.82, 2.24) is 0 Å². The molecule has 54 valence electrons. The minimum Gasteiger partial charge on any atom is -0.449 e. The summed E-state index contributed by atoms with van der Waals surface area (Å²) < 4.78 is 4.51. The second kappa shape index (κ2) is 4.49. The van der Waals surface area contributed by atoms with Crippen molar-refractivity contribution in [1.29, 1.82) is 0 Å². The molecule has 2 N–H and O–H groups in total. The quantitative estimate of drug-likeness (QED) is 0.646. The van der Waals surface area contributed by atoms with Crippen molar-refractivity contribution < 1.29 is 9.53 Å². The zero-order valence-electron chi connectivity index (χ0n) is 5.59. The molecule has 0 aliphatic carbocycles. The van der Waals surface area contributed by atoms with Gasteiger partial charge < -0.3 is 10.5 Å². The Morgan fingerprint density at radius 1 is 1.89 bits per heavy atom. The maximum atomic E-state index is 10.0. The smallest absolute Gasteiger partial charge is 0.404 e. The fourth-order valence-corrected chi connectivity index (χ4v) is 0.472. The van der Waals surface area contributed by atoms with Crippen molar-refractivity contribution in [2.75, 3.05) is 12.9 Å². The third kappa shape index (κ3) is 5.49. The summed E-state index contributed by atoms with van der Waals surface area (Å²) in [6.45, 7) is 2.37. The van der Waals surface area contributed by atoms with E-state index in [1.807, 2.05) is 13.2 Å². The van der Waals surface area contributed by atoms with E-state index < -0.39 is 6.09 Å². The van der Waals surface area contributed by atoms with E-state index in [0.29, 0.717) is 11.9 Å². The van der Waals surface area contributed by atoms with E-state index in [1.165, 1.54) is 0 Å². The number of nitrogens with two attached hydrogens (primary N) is 1. The van der Waals surface area contributed by atoms with Crippen LogP contribution in [0, 0.1) is 0 Å². The van der Waals surface area contributed by atoms with Gasteiger partial charge in [0.25, 0.3) is 0 Å². The maximum absolute atomic E-state index is 10.0. The Kier molecular flexibility index (Phi) is 4.30. The van der Waals surface area contributed by atoms with E-state index in [-0.39, 0.29) is 0 Å². The van der Waals surface area contributed by atoms with Gasteiger partial charge in [-0.25, -0.2) is 4.79 Å². The van der Waals surface area contributed by atoms with Crippen LogP contribution < -0.4 is 5.73 Å². The van der Waals surface area contributed by atoms with Gasteiger partial charge in [-0.1, -0.05) is 6.92 Å². The number of rotatable bonds is 3. The van der Waals surface area contributed by atoms with Crippen LogP contribution in [0.1, 0.15) is 6.92 Å². The standard InChI is InChI=1S/C5H11NO2S/c1-4(9-2)3-8-5(6)7/h4H,3H2,1-2H3,(H2,6,7). The van der Waals surface area contributed by atoms with Crippen LogP contribution in [-0.4, -0.2) is 24.2 Å². The second-order valence-corrected chi connectivity index (χ2v) is 2.95. The molecule has 4 heteroatoms. The number of hydrogen-bond donors (Lipinski definition) is 1. The monoisotopic (exact) mass is 149 g/mol. The highest BCUT2D eigenvalue weighted by atomic mass is 32.2. The summed E-state index contributed by atoms with van der Waals surface area (Å²) in [5.41, 5.74) is 4.73. The van der Waals surface area contributed by atoms with Gasteiger partial charge in [-0.05, 0) is 6.26 Å². The normalized spacial score (nSPS) is 12.7. The van der Waals surface area contributed by atoms with Crippen molar-refractivity contribution in [3.05, 3.63) is 0 Å². The number of carbonyl (C=O) groups excluding carboxylic acids is 1. The minimum absolute atomic E-state index is 0.331. The molecule has 9 heavy (non-hydrogen) atoms. The zero-order valence-corrected chi connectivity index (χ0v) is 6.40. The van der Waals surface area contributed by atoms with Crippen LogP contribution in [0.4, 0.5) is 4.79 Å². The Morgan fingerprint density at radius 3 is 2.78 bits per heavy atom. The van der Waals surface area contributed by atoms with Crippen LogP contribution in [0.2, 0.25) is 0 Å². The van der Waals surface area contributed by atoms with E-state index in [1.54, 1.807) is 11.8 Å². The molecule has 1 amide bonds. The maximum Gasteiger partial charge on any atom is 0.404 e. The number of carbonyl (C=O) groups is 1. The average Bonchev–Trinajstić information content (AvgIpc) is 1.83. The predicted octanol–water partition coefficient (Wildman–Crippen LogP) is 0.833. The molecular formula is C5H11NO2S. The first-order valence-corrected chi connectivity index (χ1v) is 3.90. The summed E-state index contributed by atoms with van der Waals surface area (Å²) in [4.78, 5) is 10.0. The molecular weight excluding hydrogens is 138 g/mol. The van der Waals surface area contributed by atoms with Gasteiger partial charge in [0.1, 0.15) is 6.61 Å². The second-order valence-electron chi connectivity index (χ2n) is 1.68. The molecule has 0 fully saturated rings. The summed E-state index contributed by atoms with van der Waals surface area (Å²) in [7, 11) is 0. The predicted molar refractivity (Wildman–Crippen MR) is 38.5 cm³/mol. The number of amides is 1. The van der Waals surface area contributed by atoms with Crippen LogP contribution in [-0.2, 0) is 4.74 Å². The fraction of sp³-hybridized carbons (Fsp3) is 0.800. The largest absolute Gasteiger partial charge is 0.449 e. The van der Waals surface area contributed by atoms with Gasteiger partial charge in [-0.3, -0.25) is 0 Å². The van der Waals surface area contributed by atoms with Gasteiger partial charge in [0, 0.05) is 5.25 Å². The first-order chi connectivity index (χ1) is 4.16. The Hall–Kier alpha value is -0.380. The van der Waals surface area contributed by atoms with Crippen LogP contribution in [0.3, 0.4) is 0 Å². The molecule has 1 unspecified atom stereocenters. The molecule has 0 aliphatic rings. The van der Waals surface area contributed by atoms with Crippen molar-refractivity contribution >= 4 is 17.9 Å².